The van der Waals surface area contributed by atoms with Crippen molar-refractivity contribution < 1.29 is 14.3 Å². The van der Waals surface area contributed by atoms with E-state index in [1.165, 1.54) is 6.08 Å². The molecule has 0 fully saturated rings. The number of nitrogens with zero attached hydrogens (tertiary/aromatic N) is 1. The van der Waals surface area contributed by atoms with Crippen molar-refractivity contribution in [1.29, 1.82) is 0 Å². The number of carbonyl (C=O) groups excluding carboxylic acids is 1. The van der Waals surface area contributed by atoms with Crippen LogP contribution in [0.4, 0.5) is 0 Å². The molecule has 1 atom stereocenters. The van der Waals surface area contributed by atoms with Crippen LogP contribution in [0, 0.1) is 0 Å². The van der Waals surface area contributed by atoms with Gasteiger partial charge in [0.2, 0.25) is 5.91 Å². The molecule has 0 aliphatic rings. The fourth-order valence-electron chi connectivity index (χ4n) is 2.55. The molecule has 0 bridgehead atoms. The van der Waals surface area contributed by atoms with Crippen LogP contribution in [0.5, 0.6) is 11.5 Å². The van der Waals surface area contributed by atoms with Crippen molar-refractivity contribution in [2.75, 3.05) is 20.8 Å². The Balaban J connectivity index is 2.15. The minimum atomic E-state index is -0.0923. The van der Waals surface area contributed by atoms with Crippen LogP contribution in [-0.2, 0) is 4.79 Å². The number of rotatable bonds is 7. The number of methoxy groups -OCH3 is 1. The van der Waals surface area contributed by atoms with Crippen molar-refractivity contribution in [3.05, 3.63) is 64.7 Å². The predicted molar refractivity (Wildman–Crippen MR) is 106 cm³/mol. The van der Waals surface area contributed by atoms with Gasteiger partial charge in [-0.1, -0.05) is 41.9 Å². The highest BCUT2D eigenvalue weighted by atomic mass is 35.5. The number of ether oxygens (including phenoxy) is 2. The highest BCUT2D eigenvalue weighted by molar-refractivity contribution is 6.32. The highest BCUT2D eigenvalue weighted by Crippen LogP contribution is 2.36. The fraction of sp³-hybridized carbons (Fsp3) is 0.286. The maximum Gasteiger partial charge on any atom is 0.246 e. The van der Waals surface area contributed by atoms with Gasteiger partial charge in [-0.2, -0.15) is 0 Å². The van der Waals surface area contributed by atoms with Gasteiger partial charge in [-0.25, -0.2) is 0 Å². The zero-order chi connectivity index (χ0) is 19.1. The van der Waals surface area contributed by atoms with Crippen molar-refractivity contribution in [1.82, 2.24) is 4.90 Å². The summed E-state index contributed by atoms with van der Waals surface area (Å²) in [6.45, 7) is 4.37. The van der Waals surface area contributed by atoms with Gasteiger partial charge in [0.25, 0.3) is 0 Å². The number of amides is 1. The Morgan fingerprint density at radius 2 is 1.96 bits per heavy atom. The van der Waals surface area contributed by atoms with Crippen LogP contribution in [-0.4, -0.2) is 31.6 Å². The third-order valence-electron chi connectivity index (χ3n) is 4.17. The molecule has 4 nitrogen and oxygen atoms in total. The Bertz CT molecular complexity index is 774. The molecule has 0 aromatic heterocycles. The Hall–Kier alpha value is -2.46. The summed E-state index contributed by atoms with van der Waals surface area (Å²) >= 11 is 6.27. The average molecular weight is 374 g/mol. The van der Waals surface area contributed by atoms with Gasteiger partial charge >= 0.3 is 0 Å². The predicted octanol–water partition coefficient (Wildman–Crippen LogP) is 4.98. The maximum atomic E-state index is 12.5. The van der Waals surface area contributed by atoms with Crippen molar-refractivity contribution in [3.8, 4) is 11.5 Å². The van der Waals surface area contributed by atoms with E-state index >= 15 is 0 Å². The zero-order valence-electron chi connectivity index (χ0n) is 15.5. The molecule has 0 radical (unpaired) electrons. The molecular formula is C21H24ClNO3. The molecule has 0 aliphatic heterocycles. The van der Waals surface area contributed by atoms with Gasteiger partial charge in [0.15, 0.2) is 11.5 Å². The summed E-state index contributed by atoms with van der Waals surface area (Å²) < 4.78 is 10.8. The van der Waals surface area contributed by atoms with Crippen LogP contribution in [0.1, 0.15) is 31.0 Å². The third kappa shape index (κ3) is 4.79. The van der Waals surface area contributed by atoms with Gasteiger partial charge < -0.3 is 14.4 Å². The van der Waals surface area contributed by atoms with E-state index in [2.05, 4.69) is 0 Å². The minimum absolute atomic E-state index is 0.0215. The van der Waals surface area contributed by atoms with Crippen LogP contribution in [0.3, 0.4) is 0 Å². The first-order valence-electron chi connectivity index (χ1n) is 8.48. The molecule has 1 unspecified atom stereocenters. The van der Waals surface area contributed by atoms with Gasteiger partial charge in [-0.05, 0) is 43.2 Å². The Kier molecular flexibility index (Phi) is 7.10. The van der Waals surface area contributed by atoms with Gasteiger partial charge in [-0.3, -0.25) is 4.79 Å². The quantitative estimate of drug-likeness (QED) is 0.642. The second-order valence-electron chi connectivity index (χ2n) is 5.84. The van der Waals surface area contributed by atoms with Gasteiger partial charge in [0.1, 0.15) is 0 Å². The lowest BCUT2D eigenvalue weighted by Crippen LogP contribution is -2.27. The van der Waals surface area contributed by atoms with E-state index in [4.69, 9.17) is 21.1 Å². The van der Waals surface area contributed by atoms with Crippen LogP contribution in [0.2, 0.25) is 5.02 Å². The maximum absolute atomic E-state index is 12.5. The molecule has 0 aliphatic carbocycles. The Morgan fingerprint density at radius 3 is 2.58 bits per heavy atom. The lowest BCUT2D eigenvalue weighted by atomic mass is 10.1. The smallest absolute Gasteiger partial charge is 0.246 e. The van der Waals surface area contributed by atoms with E-state index in [0.717, 1.165) is 11.1 Å². The summed E-state index contributed by atoms with van der Waals surface area (Å²) in [5, 5.41) is 0.448. The molecule has 0 spiro atoms. The van der Waals surface area contributed by atoms with Gasteiger partial charge in [-0.15, -0.1) is 0 Å². The molecule has 26 heavy (non-hydrogen) atoms. The van der Waals surface area contributed by atoms with Gasteiger partial charge in [0, 0.05) is 13.1 Å². The number of halogens is 1. The van der Waals surface area contributed by atoms with Crippen molar-refractivity contribution in [3.63, 3.8) is 0 Å². The molecule has 0 N–H and O–H groups in total. The second kappa shape index (κ2) is 9.30. The minimum Gasteiger partial charge on any atom is -0.493 e. The first kappa shape index (κ1) is 19.9. The van der Waals surface area contributed by atoms with E-state index in [-0.39, 0.29) is 11.9 Å². The summed E-state index contributed by atoms with van der Waals surface area (Å²) in [5.41, 5.74) is 1.85. The molecule has 1 amide bonds. The summed E-state index contributed by atoms with van der Waals surface area (Å²) in [6.07, 6.45) is 3.26. The molecule has 138 valence electrons. The van der Waals surface area contributed by atoms with Crippen LogP contribution in [0.15, 0.2) is 48.5 Å². The average Bonchev–Trinajstić information content (AvgIpc) is 2.67. The first-order chi connectivity index (χ1) is 12.5. The molecule has 0 saturated carbocycles. The van der Waals surface area contributed by atoms with Gasteiger partial charge in [0.05, 0.1) is 24.8 Å². The molecule has 2 rings (SSSR count). The first-order valence-corrected chi connectivity index (χ1v) is 8.85. The number of hydrogen-bond acceptors (Lipinski definition) is 3. The van der Waals surface area contributed by atoms with Crippen LogP contribution in [0.25, 0.3) is 6.08 Å². The molecule has 0 heterocycles. The standard InChI is InChI=1S/C21H24ClNO3/c1-5-26-21-18(22)13-16(14-19(21)25-4)11-12-20(24)23(3)15(2)17-9-7-6-8-10-17/h6-15H,5H2,1-4H3/b12-11+. The van der Waals surface area contributed by atoms with E-state index in [1.807, 2.05) is 44.2 Å². The van der Waals surface area contributed by atoms with Crippen molar-refractivity contribution in [2.24, 2.45) is 0 Å². The van der Waals surface area contributed by atoms with Crippen molar-refractivity contribution in [2.45, 2.75) is 19.9 Å². The summed E-state index contributed by atoms with van der Waals surface area (Å²) in [5.74, 6) is 0.956. The van der Waals surface area contributed by atoms with Crippen molar-refractivity contribution >= 4 is 23.6 Å². The van der Waals surface area contributed by atoms with E-state index in [1.54, 1.807) is 37.3 Å². The lowest BCUT2D eigenvalue weighted by molar-refractivity contribution is -0.126. The SMILES string of the molecule is CCOc1c(Cl)cc(/C=C/C(=O)N(C)C(C)c2ccccc2)cc1OC. The molecule has 0 saturated heterocycles. The lowest BCUT2D eigenvalue weighted by Gasteiger charge is -2.24. The Labute approximate surface area is 160 Å². The summed E-state index contributed by atoms with van der Waals surface area (Å²) in [6, 6.07) is 13.4. The number of benzene rings is 2. The molecule has 5 heteroatoms. The highest BCUT2D eigenvalue weighted by Gasteiger charge is 2.15. The third-order valence-corrected chi connectivity index (χ3v) is 4.45. The van der Waals surface area contributed by atoms with E-state index in [0.29, 0.717) is 23.1 Å². The summed E-state index contributed by atoms with van der Waals surface area (Å²) in [7, 11) is 3.35. The van der Waals surface area contributed by atoms with Crippen LogP contribution >= 0.6 is 11.6 Å². The van der Waals surface area contributed by atoms with E-state index in [9.17, 15) is 4.79 Å². The summed E-state index contributed by atoms with van der Waals surface area (Å²) in [4.78, 5) is 14.2. The monoisotopic (exact) mass is 373 g/mol. The fourth-order valence-corrected chi connectivity index (χ4v) is 2.83. The number of likely N-dealkylation sites (N-methyl/N-ethyl adjacent to an activating group) is 1. The largest absolute Gasteiger partial charge is 0.493 e. The number of carbonyl (C=O) groups is 1. The van der Waals surface area contributed by atoms with E-state index < -0.39 is 0 Å². The molecule has 2 aromatic rings. The second-order valence-corrected chi connectivity index (χ2v) is 6.24. The number of hydrogen-bond donors (Lipinski definition) is 0. The topological polar surface area (TPSA) is 38.8 Å². The zero-order valence-corrected chi connectivity index (χ0v) is 16.3. The Morgan fingerprint density at radius 1 is 1.27 bits per heavy atom. The van der Waals surface area contributed by atoms with Crippen LogP contribution < -0.4 is 9.47 Å². The molecule has 2 aromatic carbocycles. The molecular weight excluding hydrogens is 350 g/mol. The normalized spacial score (nSPS) is 12.0.